The largest absolute Gasteiger partial charge is 0.445 e. The van der Waals surface area contributed by atoms with Crippen molar-refractivity contribution in [2.75, 3.05) is 26.2 Å². The van der Waals surface area contributed by atoms with E-state index < -0.39 is 17.8 Å². The Hall–Kier alpha value is -2.25. The van der Waals surface area contributed by atoms with Crippen LogP contribution >= 0.6 is 0 Å². The van der Waals surface area contributed by atoms with Crippen LogP contribution in [0.4, 0.5) is 9.59 Å². The van der Waals surface area contributed by atoms with Crippen molar-refractivity contribution >= 4 is 18.1 Å². The highest BCUT2D eigenvalue weighted by atomic mass is 16.6. The number of hydrogen-bond donors (Lipinski definition) is 2. The molecular weight excluding hydrogens is 314 g/mol. The van der Waals surface area contributed by atoms with Crippen LogP contribution in [0.5, 0.6) is 0 Å². The Kier molecular flexibility index (Phi) is 7.54. The molecule has 2 N–H and O–H groups in total. The third-order valence-electron chi connectivity index (χ3n) is 3.28. The van der Waals surface area contributed by atoms with E-state index in [0.29, 0.717) is 25.9 Å². The van der Waals surface area contributed by atoms with Crippen LogP contribution < -0.4 is 10.6 Å². The third-order valence-corrected chi connectivity index (χ3v) is 3.28. The number of nitrogens with zero attached hydrogens (tertiary/aromatic N) is 1. The number of nitrogens with one attached hydrogen (secondary N) is 2. The molecule has 1 fully saturated rings. The molecular formula is C16H27N3O5. The second-order valence-electron chi connectivity index (χ2n) is 6.54. The summed E-state index contributed by atoms with van der Waals surface area (Å²) in [4.78, 5) is 36.7. The number of hydrogen-bond acceptors (Lipinski definition) is 5. The molecule has 1 rings (SSSR count). The standard InChI is InChI=1S/C16H27N3O5/c1-5-10-23-15(22)18-12-6-8-19(9-7-12)13(20)11-17-14(21)24-16(2,3)4/h5,12H,1,6-11H2,2-4H3,(H,17,21)(H,18,22). The SMILES string of the molecule is C=CCOC(=O)NC1CCN(C(=O)CNC(=O)OC(C)(C)C)CC1. The molecule has 1 saturated heterocycles. The first-order chi connectivity index (χ1) is 11.2. The first-order valence-corrected chi connectivity index (χ1v) is 8.00. The Bertz CT molecular complexity index is 465. The second-order valence-corrected chi connectivity index (χ2v) is 6.54. The lowest BCUT2D eigenvalue weighted by Gasteiger charge is -2.32. The van der Waals surface area contributed by atoms with Crippen LogP contribution in [0.2, 0.25) is 0 Å². The third kappa shape index (κ3) is 7.85. The van der Waals surface area contributed by atoms with Gasteiger partial charge in [0, 0.05) is 19.1 Å². The fourth-order valence-corrected chi connectivity index (χ4v) is 2.19. The van der Waals surface area contributed by atoms with E-state index in [1.54, 1.807) is 25.7 Å². The van der Waals surface area contributed by atoms with Crippen molar-refractivity contribution in [1.29, 1.82) is 0 Å². The fraction of sp³-hybridized carbons (Fsp3) is 0.688. The first kappa shape index (κ1) is 19.8. The maximum atomic E-state index is 12.1. The highest BCUT2D eigenvalue weighted by molar-refractivity contribution is 5.82. The van der Waals surface area contributed by atoms with Crippen LogP contribution in [-0.4, -0.2) is 60.9 Å². The summed E-state index contributed by atoms with van der Waals surface area (Å²) in [5, 5.41) is 5.20. The van der Waals surface area contributed by atoms with Crippen LogP contribution in [0.3, 0.4) is 0 Å². The molecule has 136 valence electrons. The number of alkyl carbamates (subject to hydrolysis) is 2. The van der Waals surface area contributed by atoms with E-state index in [4.69, 9.17) is 9.47 Å². The van der Waals surface area contributed by atoms with Crippen molar-refractivity contribution in [1.82, 2.24) is 15.5 Å². The average molecular weight is 341 g/mol. The number of likely N-dealkylation sites (tertiary alicyclic amines) is 1. The molecule has 0 unspecified atom stereocenters. The Balaban J connectivity index is 2.26. The van der Waals surface area contributed by atoms with Crippen molar-refractivity contribution in [3.63, 3.8) is 0 Å². The van der Waals surface area contributed by atoms with Gasteiger partial charge in [-0.25, -0.2) is 9.59 Å². The van der Waals surface area contributed by atoms with Crippen molar-refractivity contribution in [3.05, 3.63) is 12.7 Å². The molecule has 0 bridgehead atoms. The first-order valence-electron chi connectivity index (χ1n) is 8.00. The number of ether oxygens (including phenoxy) is 2. The lowest BCUT2D eigenvalue weighted by molar-refractivity contribution is -0.131. The Morgan fingerprint density at radius 3 is 2.38 bits per heavy atom. The van der Waals surface area contributed by atoms with E-state index in [1.165, 1.54) is 6.08 Å². The highest BCUT2D eigenvalue weighted by Crippen LogP contribution is 2.11. The molecule has 0 aliphatic carbocycles. The van der Waals surface area contributed by atoms with Crippen LogP contribution in [-0.2, 0) is 14.3 Å². The van der Waals surface area contributed by atoms with Gasteiger partial charge in [-0.1, -0.05) is 12.7 Å². The van der Waals surface area contributed by atoms with E-state index in [2.05, 4.69) is 17.2 Å². The van der Waals surface area contributed by atoms with Gasteiger partial charge in [-0.15, -0.1) is 0 Å². The minimum Gasteiger partial charge on any atom is -0.445 e. The Morgan fingerprint density at radius 2 is 1.83 bits per heavy atom. The van der Waals surface area contributed by atoms with Crippen molar-refractivity contribution in [3.8, 4) is 0 Å². The number of piperidine rings is 1. The summed E-state index contributed by atoms with van der Waals surface area (Å²) in [5.41, 5.74) is -0.600. The molecule has 0 aromatic heterocycles. The van der Waals surface area contributed by atoms with Gasteiger partial charge in [0.2, 0.25) is 5.91 Å². The smallest absolute Gasteiger partial charge is 0.408 e. The molecule has 0 aromatic carbocycles. The second kappa shape index (κ2) is 9.14. The number of carbonyl (C=O) groups is 3. The van der Waals surface area contributed by atoms with Gasteiger partial charge in [-0.3, -0.25) is 4.79 Å². The summed E-state index contributed by atoms with van der Waals surface area (Å²) in [6, 6.07) is -0.0230. The van der Waals surface area contributed by atoms with E-state index in [0.717, 1.165) is 0 Å². The van der Waals surface area contributed by atoms with Gasteiger partial charge < -0.3 is 25.0 Å². The Morgan fingerprint density at radius 1 is 1.21 bits per heavy atom. The van der Waals surface area contributed by atoms with Gasteiger partial charge >= 0.3 is 12.2 Å². The molecule has 24 heavy (non-hydrogen) atoms. The van der Waals surface area contributed by atoms with Gasteiger partial charge in [-0.05, 0) is 33.6 Å². The summed E-state index contributed by atoms with van der Waals surface area (Å²) in [5.74, 6) is -0.173. The average Bonchev–Trinajstić information content (AvgIpc) is 2.49. The predicted molar refractivity (Wildman–Crippen MR) is 88.5 cm³/mol. The predicted octanol–water partition coefficient (Wildman–Crippen LogP) is 1.41. The van der Waals surface area contributed by atoms with Crippen LogP contribution in [0.25, 0.3) is 0 Å². The molecule has 0 radical (unpaired) electrons. The fourth-order valence-electron chi connectivity index (χ4n) is 2.19. The summed E-state index contributed by atoms with van der Waals surface area (Å²) < 4.78 is 9.94. The van der Waals surface area contributed by atoms with Crippen molar-refractivity contribution < 1.29 is 23.9 Å². The summed E-state index contributed by atoms with van der Waals surface area (Å²) in [6.07, 6.45) is 1.69. The molecule has 0 saturated carbocycles. The summed E-state index contributed by atoms with van der Waals surface area (Å²) in [6.45, 7) is 9.83. The Labute approximate surface area is 142 Å². The monoisotopic (exact) mass is 341 g/mol. The summed E-state index contributed by atoms with van der Waals surface area (Å²) >= 11 is 0. The highest BCUT2D eigenvalue weighted by Gasteiger charge is 2.25. The minimum absolute atomic E-state index is 0.0230. The zero-order valence-corrected chi connectivity index (χ0v) is 14.6. The van der Waals surface area contributed by atoms with E-state index >= 15 is 0 Å². The van der Waals surface area contributed by atoms with E-state index in [9.17, 15) is 14.4 Å². The lowest BCUT2D eigenvalue weighted by atomic mass is 10.1. The van der Waals surface area contributed by atoms with Crippen LogP contribution in [0.15, 0.2) is 12.7 Å². The normalized spacial score (nSPS) is 15.4. The van der Waals surface area contributed by atoms with E-state index in [1.807, 2.05) is 0 Å². The van der Waals surface area contributed by atoms with Crippen molar-refractivity contribution in [2.24, 2.45) is 0 Å². The van der Waals surface area contributed by atoms with Gasteiger partial charge in [-0.2, -0.15) is 0 Å². The molecule has 1 aliphatic heterocycles. The maximum absolute atomic E-state index is 12.1. The van der Waals surface area contributed by atoms with Gasteiger partial charge in [0.15, 0.2) is 0 Å². The number of amides is 3. The number of carbonyl (C=O) groups excluding carboxylic acids is 3. The van der Waals surface area contributed by atoms with Gasteiger partial charge in [0.05, 0.1) is 0 Å². The zero-order valence-electron chi connectivity index (χ0n) is 14.6. The number of rotatable bonds is 5. The summed E-state index contributed by atoms with van der Waals surface area (Å²) in [7, 11) is 0. The molecule has 8 nitrogen and oxygen atoms in total. The maximum Gasteiger partial charge on any atom is 0.408 e. The van der Waals surface area contributed by atoms with Gasteiger partial charge in [0.1, 0.15) is 18.8 Å². The van der Waals surface area contributed by atoms with E-state index in [-0.39, 0.29) is 25.1 Å². The minimum atomic E-state index is -0.614. The topological polar surface area (TPSA) is 97.0 Å². The molecule has 3 amide bonds. The van der Waals surface area contributed by atoms with Crippen LogP contribution in [0, 0.1) is 0 Å². The van der Waals surface area contributed by atoms with Crippen molar-refractivity contribution in [2.45, 2.75) is 45.3 Å². The lowest BCUT2D eigenvalue weighted by Crippen LogP contribution is -2.49. The quantitative estimate of drug-likeness (QED) is 0.737. The molecule has 8 heteroatoms. The molecule has 1 heterocycles. The molecule has 1 aliphatic rings. The molecule has 0 atom stereocenters. The zero-order chi connectivity index (χ0) is 18.2. The van der Waals surface area contributed by atoms with Crippen LogP contribution in [0.1, 0.15) is 33.6 Å². The van der Waals surface area contributed by atoms with Gasteiger partial charge in [0.25, 0.3) is 0 Å². The molecule has 0 aromatic rings. The molecule has 0 spiro atoms.